The van der Waals surface area contributed by atoms with E-state index in [-0.39, 0.29) is 11.0 Å². The Morgan fingerprint density at radius 2 is 1.92 bits per heavy atom. The molecule has 0 aromatic heterocycles. The Bertz CT molecular complexity index is 736. The molecule has 3 rings (SSSR count). The molecule has 1 aromatic rings. The second kappa shape index (κ2) is 7.70. The van der Waals surface area contributed by atoms with E-state index in [4.69, 9.17) is 4.84 Å². The minimum atomic E-state index is -3.40. The van der Waals surface area contributed by atoms with Crippen molar-refractivity contribution in [2.75, 3.05) is 37.3 Å². The van der Waals surface area contributed by atoms with Crippen LogP contribution in [-0.2, 0) is 14.7 Å². The number of rotatable bonds is 4. The van der Waals surface area contributed by atoms with Gasteiger partial charge >= 0.3 is 0 Å². The zero-order valence-electron chi connectivity index (χ0n) is 14.4. The molecule has 138 valence electrons. The molecule has 0 aliphatic carbocycles. The number of piperidine rings is 2. The Balaban J connectivity index is 1.58. The van der Waals surface area contributed by atoms with E-state index in [9.17, 15) is 12.8 Å². The summed E-state index contributed by atoms with van der Waals surface area (Å²) in [5.41, 5.74) is 1.44. The number of nitrogens with zero attached hydrogens (tertiary/aromatic N) is 2. The van der Waals surface area contributed by atoms with Crippen molar-refractivity contribution < 1.29 is 17.6 Å². The molecule has 1 aromatic carbocycles. The molecule has 0 unspecified atom stereocenters. The Hall–Kier alpha value is -1.67. The minimum absolute atomic E-state index is 0.00313. The van der Waals surface area contributed by atoms with E-state index in [0.717, 1.165) is 56.8 Å². The molecule has 2 fully saturated rings. The third-order valence-electron chi connectivity index (χ3n) is 4.65. The fraction of sp³-hybridized carbons (Fsp3) is 0.588. The van der Waals surface area contributed by atoms with Gasteiger partial charge in [-0.25, -0.2) is 12.8 Å². The topological polar surface area (TPSA) is 71.0 Å². The van der Waals surface area contributed by atoms with Crippen LogP contribution < -0.4 is 10.2 Å². The first kappa shape index (κ1) is 18.1. The summed E-state index contributed by atoms with van der Waals surface area (Å²) in [6, 6.07) is 4.09. The molecule has 2 heterocycles. The van der Waals surface area contributed by atoms with Crippen molar-refractivity contribution in [3.05, 3.63) is 24.0 Å². The molecule has 2 aliphatic rings. The molecule has 2 aliphatic heterocycles. The summed E-state index contributed by atoms with van der Waals surface area (Å²) >= 11 is 0. The smallest absolute Gasteiger partial charge is 0.175 e. The van der Waals surface area contributed by atoms with Gasteiger partial charge in [0.2, 0.25) is 0 Å². The molecular formula is C17H24FN3O3S. The number of oxime groups is 1. The van der Waals surface area contributed by atoms with Gasteiger partial charge in [-0.2, -0.15) is 0 Å². The largest absolute Gasteiger partial charge is 0.392 e. The molecule has 0 bridgehead atoms. The minimum Gasteiger partial charge on any atom is -0.392 e. The first-order chi connectivity index (χ1) is 11.9. The van der Waals surface area contributed by atoms with Crippen molar-refractivity contribution in [3.8, 4) is 0 Å². The van der Waals surface area contributed by atoms with Crippen LogP contribution in [0, 0.1) is 5.82 Å². The SMILES string of the molecule is CS(=O)(=O)c1ccc(N2CCC(=NOC3CCNCC3)CC2)c(F)c1. The highest BCUT2D eigenvalue weighted by molar-refractivity contribution is 7.90. The normalized spacial score (nSPS) is 19.8. The molecule has 1 N–H and O–H groups in total. The Morgan fingerprint density at radius 3 is 2.52 bits per heavy atom. The standard InChI is InChI=1S/C17H24FN3O3S/c1-25(22,23)15-2-3-17(16(18)12-15)21-10-6-13(7-11-21)20-24-14-4-8-19-9-5-14/h2-3,12,14,19H,4-11H2,1H3. The van der Waals surface area contributed by atoms with Crippen molar-refractivity contribution in [1.29, 1.82) is 0 Å². The highest BCUT2D eigenvalue weighted by Crippen LogP contribution is 2.25. The maximum atomic E-state index is 14.3. The molecule has 8 heteroatoms. The first-order valence-electron chi connectivity index (χ1n) is 8.60. The van der Waals surface area contributed by atoms with Crippen LogP contribution in [0.3, 0.4) is 0 Å². The van der Waals surface area contributed by atoms with E-state index >= 15 is 0 Å². The van der Waals surface area contributed by atoms with Crippen LogP contribution in [0.1, 0.15) is 25.7 Å². The lowest BCUT2D eigenvalue weighted by Gasteiger charge is -2.30. The second-order valence-corrected chi connectivity index (χ2v) is 8.60. The van der Waals surface area contributed by atoms with E-state index < -0.39 is 15.7 Å². The van der Waals surface area contributed by atoms with Gasteiger partial charge in [0.05, 0.1) is 16.3 Å². The first-order valence-corrected chi connectivity index (χ1v) is 10.5. The third kappa shape index (κ3) is 4.70. The quantitative estimate of drug-likeness (QED) is 0.822. The summed E-state index contributed by atoms with van der Waals surface area (Å²) in [5, 5.41) is 7.58. The molecule has 0 spiro atoms. The molecular weight excluding hydrogens is 345 g/mol. The number of sulfone groups is 1. The average Bonchev–Trinajstić information content (AvgIpc) is 2.60. The van der Waals surface area contributed by atoms with E-state index in [0.29, 0.717) is 18.8 Å². The van der Waals surface area contributed by atoms with Crippen molar-refractivity contribution in [2.24, 2.45) is 5.16 Å². The van der Waals surface area contributed by atoms with Gasteiger partial charge in [-0.05, 0) is 44.1 Å². The number of hydrogen-bond acceptors (Lipinski definition) is 6. The maximum Gasteiger partial charge on any atom is 0.175 e. The number of anilines is 1. The lowest BCUT2D eigenvalue weighted by atomic mass is 10.1. The van der Waals surface area contributed by atoms with Crippen LogP contribution in [0.25, 0.3) is 0 Å². The summed E-state index contributed by atoms with van der Waals surface area (Å²) in [6.07, 6.45) is 4.65. The van der Waals surface area contributed by atoms with E-state index in [1.807, 2.05) is 4.90 Å². The van der Waals surface area contributed by atoms with Gasteiger partial charge in [0.15, 0.2) is 9.84 Å². The van der Waals surface area contributed by atoms with Crippen LogP contribution in [0.2, 0.25) is 0 Å². The molecule has 6 nitrogen and oxygen atoms in total. The van der Waals surface area contributed by atoms with Crippen LogP contribution in [0.4, 0.5) is 10.1 Å². The second-order valence-electron chi connectivity index (χ2n) is 6.58. The van der Waals surface area contributed by atoms with Crippen LogP contribution in [-0.4, -0.2) is 52.7 Å². The fourth-order valence-corrected chi connectivity index (χ4v) is 3.75. The lowest BCUT2D eigenvalue weighted by molar-refractivity contribution is 0.0368. The summed E-state index contributed by atoms with van der Waals surface area (Å²) in [4.78, 5) is 7.55. The number of halogens is 1. The Labute approximate surface area is 147 Å². The van der Waals surface area contributed by atoms with E-state index in [1.165, 1.54) is 6.07 Å². The van der Waals surface area contributed by atoms with Gasteiger partial charge in [-0.15, -0.1) is 0 Å². The third-order valence-corrected chi connectivity index (χ3v) is 5.76. The number of hydrogen-bond donors (Lipinski definition) is 1. The van der Waals surface area contributed by atoms with Gasteiger partial charge in [-0.1, -0.05) is 5.16 Å². The van der Waals surface area contributed by atoms with Crippen molar-refractivity contribution >= 4 is 21.2 Å². The molecule has 0 radical (unpaired) electrons. The zero-order valence-corrected chi connectivity index (χ0v) is 15.2. The Morgan fingerprint density at radius 1 is 1.24 bits per heavy atom. The number of benzene rings is 1. The van der Waals surface area contributed by atoms with E-state index in [2.05, 4.69) is 10.5 Å². The summed E-state index contributed by atoms with van der Waals surface area (Å²) in [5.74, 6) is -0.505. The van der Waals surface area contributed by atoms with E-state index in [1.54, 1.807) is 6.07 Å². The van der Waals surface area contributed by atoms with Gasteiger partial charge < -0.3 is 15.1 Å². The van der Waals surface area contributed by atoms with Gasteiger partial charge in [0.1, 0.15) is 11.9 Å². The maximum absolute atomic E-state index is 14.3. The van der Waals surface area contributed by atoms with Gasteiger partial charge in [-0.3, -0.25) is 0 Å². The van der Waals surface area contributed by atoms with Gasteiger partial charge in [0, 0.05) is 32.2 Å². The van der Waals surface area contributed by atoms with Crippen LogP contribution >= 0.6 is 0 Å². The summed E-state index contributed by atoms with van der Waals surface area (Å²) in [7, 11) is -3.40. The highest BCUT2D eigenvalue weighted by atomic mass is 32.2. The zero-order chi connectivity index (χ0) is 17.9. The van der Waals surface area contributed by atoms with Gasteiger partial charge in [0.25, 0.3) is 0 Å². The molecule has 2 saturated heterocycles. The summed E-state index contributed by atoms with van der Waals surface area (Å²) < 4.78 is 37.3. The predicted molar refractivity (Wildman–Crippen MR) is 95.4 cm³/mol. The fourth-order valence-electron chi connectivity index (χ4n) is 3.12. The molecule has 0 amide bonds. The molecule has 0 atom stereocenters. The lowest BCUT2D eigenvalue weighted by Crippen LogP contribution is -2.35. The number of nitrogens with one attached hydrogen (secondary N) is 1. The average molecular weight is 369 g/mol. The predicted octanol–water partition coefficient (Wildman–Crippen LogP) is 1.95. The Kier molecular flexibility index (Phi) is 5.58. The highest BCUT2D eigenvalue weighted by Gasteiger charge is 2.21. The van der Waals surface area contributed by atoms with Crippen molar-refractivity contribution in [3.63, 3.8) is 0 Å². The molecule has 25 heavy (non-hydrogen) atoms. The monoisotopic (exact) mass is 369 g/mol. The van der Waals surface area contributed by atoms with Crippen molar-refractivity contribution in [1.82, 2.24) is 5.32 Å². The van der Waals surface area contributed by atoms with Crippen LogP contribution in [0.5, 0.6) is 0 Å². The summed E-state index contributed by atoms with van der Waals surface area (Å²) in [6.45, 7) is 3.21. The van der Waals surface area contributed by atoms with Crippen molar-refractivity contribution in [2.45, 2.75) is 36.7 Å². The van der Waals surface area contributed by atoms with Crippen LogP contribution in [0.15, 0.2) is 28.3 Å². The molecule has 0 saturated carbocycles.